The van der Waals surface area contributed by atoms with Crippen molar-refractivity contribution >= 4 is 9.84 Å². The van der Waals surface area contributed by atoms with Crippen molar-refractivity contribution in [1.82, 2.24) is 5.32 Å². The van der Waals surface area contributed by atoms with Gasteiger partial charge in [0.1, 0.15) is 0 Å². The maximum Gasteiger partial charge on any atom is 0.153 e. The first-order valence-electron chi connectivity index (χ1n) is 6.21. The Labute approximate surface area is 99.9 Å². The largest absolute Gasteiger partial charge is 0.312 e. The lowest BCUT2D eigenvalue weighted by atomic mass is 9.87. The van der Waals surface area contributed by atoms with Gasteiger partial charge in [0.05, 0.1) is 11.0 Å². The van der Waals surface area contributed by atoms with E-state index in [9.17, 15) is 8.42 Å². The van der Waals surface area contributed by atoms with Gasteiger partial charge in [-0.15, -0.1) is 0 Å². The molecule has 0 aliphatic heterocycles. The van der Waals surface area contributed by atoms with Crippen molar-refractivity contribution < 1.29 is 8.42 Å². The molecule has 1 atom stereocenters. The van der Waals surface area contributed by atoms with Crippen LogP contribution in [0, 0.1) is 5.41 Å². The Morgan fingerprint density at radius 3 is 2.44 bits per heavy atom. The molecule has 1 aliphatic carbocycles. The second-order valence-electron chi connectivity index (χ2n) is 5.80. The molecule has 1 aliphatic rings. The second kappa shape index (κ2) is 5.05. The van der Waals surface area contributed by atoms with E-state index in [-0.39, 0.29) is 11.0 Å². The Hall–Kier alpha value is -0.0900. The van der Waals surface area contributed by atoms with Crippen molar-refractivity contribution in [2.45, 2.75) is 58.2 Å². The van der Waals surface area contributed by atoms with Gasteiger partial charge < -0.3 is 5.32 Å². The van der Waals surface area contributed by atoms with Crippen LogP contribution >= 0.6 is 0 Å². The van der Waals surface area contributed by atoms with Gasteiger partial charge in [-0.2, -0.15) is 0 Å². The molecule has 1 unspecified atom stereocenters. The van der Waals surface area contributed by atoms with E-state index in [1.54, 1.807) is 13.8 Å². The molecule has 0 amide bonds. The predicted octanol–water partition coefficient (Wildman–Crippen LogP) is 1.98. The van der Waals surface area contributed by atoms with Crippen LogP contribution in [0.1, 0.15) is 47.0 Å². The summed E-state index contributed by atoms with van der Waals surface area (Å²) in [6, 6.07) is 0.481. The van der Waals surface area contributed by atoms with Gasteiger partial charge in [-0.05, 0) is 32.1 Å². The van der Waals surface area contributed by atoms with Gasteiger partial charge >= 0.3 is 0 Å². The van der Waals surface area contributed by atoms with Crippen molar-refractivity contribution in [3.05, 3.63) is 0 Å². The maximum absolute atomic E-state index is 11.6. The monoisotopic (exact) mass is 247 g/mol. The van der Waals surface area contributed by atoms with E-state index in [0.717, 1.165) is 0 Å². The van der Waals surface area contributed by atoms with Crippen LogP contribution in [-0.2, 0) is 9.84 Å². The summed E-state index contributed by atoms with van der Waals surface area (Å²) in [5.74, 6) is 0.261. The van der Waals surface area contributed by atoms with Crippen molar-refractivity contribution in [2.75, 3.05) is 12.3 Å². The molecule has 0 aromatic carbocycles. The Balaban J connectivity index is 2.37. The van der Waals surface area contributed by atoms with Crippen LogP contribution in [0.4, 0.5) is 0 Å². The van der Waals surface area contributed by atoms with Crippen LogP contribution in [0.15, 0.2) is 0 Å². The maximum atomic E-state index is 11.6. The smallest absolute Gasteiger partial charge is 0.153 e. The van der Waals surface area contributed by atoms with E-state index < -0.39 is 9.84 Å². The van der Waals surface area contributed by atoms with E-state index in [2.05, 4.69) is 19.2 Å². The third-order valence-corrected chi connectivity index (χ3v) is 5.96. The quantitative estimate of drug-likeness (QED) is 0.808. The van der Waals surface area contributed by atoms with Crippen LogP contribution in [0.5, 0.6) is 0 Å². The molecule has 1 saturated carbocycles. The van der Waals surface area contributed by atoms with Crippen molar-refractivity contribution in [1.29, 1.82) is 0 Å². The minimum Gasteiger partial charge on any atom is -0.312 e. The Kier molecular flexibility index (Phi) is 4.41. The standard InChI is InChI=1S/C12H25NO2S/c1-10(2)16(14,15)9-8-13-11-6-5-7-12(11,3)4/h10-11,13H,5-9H2,1-4H3. The molecule has 0 bridgehead atoms. The minimum absolute atomic E-state index is 0.258. The van der Waals surface area contributed by atoms with E-state index >= 15 is 0 Å². The molecule has 96 valence electrons. The summed E-state index contributed by atoms with van der Waals surface area (Å²) in [5.41, 5.74) is 0.321. The third-order valence-electron chi connectivity index (χ3n) is 3.75. The number of hydrogen-bond donors (Lipinski definition) is 1. The first-order valence-corrected chi connectivity index (χ1v) is 7.92. The molecule has 0 radical (unpaired) electrons. The Morgan fingerprint density at radius 2 is 2.00 bits per heavy atom. The average molecular weight is 247 g/mol. The highest BCUT2D eigenvalue weighted by Crippen LogP contribution is 2.36. The second-order valence-corrected chi connectivity index (χ2v) is 8.48. The topological polar surface area (TPSA) is 46.2 Å². The molecule has 0 heterocycles. The molecule has 0 saturated heterocycles. The van der Waals surface area contributed by atoms with Gasteiger partial charge in [0.2, 0.25) is 0 Å². The van der Waals surface area contributed by atoms with E-state index in [0.29, 0.717) is 18.0 Å². The number of sulfone groups is 1. The van der Waals surface area contributed by atoms with Gasteiger partial charge in [0.15, 0.2) is 9.84 Å². The zero-order valence-corrected chi connectivity index (χ0v) is 11.7. The van der Waals surface area contributed by atoms with Gasteiger partial charge in [-0.3, -0.25) is 0 Å². The van der Waals surface area contributed by atoms with E-state index in [1.807, 2.05) is 0 Å². The number of nitrogens with one attached hydrogen (secondary N) is 1. The summed E-state index contributed by atoms with van der Waals surface area (Å²) in [5, 5.41) is 3.15. The summed E-state index contributed by atoms with van der Waals surface area (Å²) < 4.78 is 23.3. The van der Waals surface area contributed by atoms with Gasteiger partial charge in [0, 0.05) is 12.6 Å². The first-order chi connectivity index (χ1) is 7.26. The van der Waals surface area contributed by atoms with E-state index in [4.69, 9.17) is 0 Å². The predicted molar refractivity (Wildman–Crippen MR) is 68.3 cm³/mol. The van der Waals surface area contributed by atoms with Crippen LogP contribution in [-0.4, -0.2) is 32.0 Å². The fourth-order valence-corrected chi connectivity index (χ4v) is 3.19. The van der Waals surface area contributed by atoms with E-state index in [1.165, 1.54) is 19.3 Å². The summed E-state index contributed by atoms with van der Waals surface area (Å²) in [7, 11) is -2.89. The Bertz CT molecular complexity index is 320. The summed E-state index contributed by atoms with van der Waals surface area (Å²) in [6.45, 7) is 8.60. The van der Waals surface area contributed by atoms with Crippen molar-refractivity contribution in [3.8, 4) is 0 Å². The zero-order chi connectivity index (χ0) is 12.4. The average Bonchev–Trinajstić information content (AvgIpc) is 2.45. The molecule has 1 N–H and O–H groups in total. The molecular formula is C12H25NO2S. The third kappa shape index (κ3) is 3.45. The van der Waals surface area contributed by atoms with Crippen molar-refractivity contribution in [3.63, 3.8) is 0 Å². The van der Waals surface area contributed by atoms with Crippen LogP contribution in [0.25, 0.3) is 0 Å². The molecule has 1 fully saturated rings. The Morgan fingerprint density at radius 1 is 1.38 bits per heavy atom. The molecule has 1 rings (SSSR count). The molecule has 4 heteroatoms. The minimum atomic E-state index is -2.89. The van der Waals surface area contributed by atoms with Crippen LogP contribution < -0.4 is 5.32 Å². The highest BCUT2D eigenvalue weighted by molar-refractivity contribution is 7.92. The van der Waals surface area contributed by atoms with Crippen molar-refractivity contribution in [2.24, 2.45) is 5.41 Å². The molecule has 3 nitrogen and oxygen atoms in total. The lowest BCUT2D eigenvalue weighted by molar-refractivity contribution is 0.288. The van der Waals surface area contributed by atoms with Gasteiger partial charge in [-0.25, -0.2) is 8.42 Å². The van der Waals surface area contributed by atoms with Crippen LogP contribution in [0.3, 0.4) is 0 Å². The molecular weight excluding hydrogens is 222 g/mol. The summed E-state index contributed by atoms with van der Waals surface area (Å²) in [4.78, 5) is 0. The molecule has 0 spiro atoms. The fraction of sp³-hybridized carbons (Fsp3) is 1.00. The molecule has 16 heavy (non-hydrogen) atoms. The van der Waals surface area contributed by atoms with Crippen LogP contribution in [0.2, 0.25) is 0 Å². The fourth-order valence-electron chi connectivity index (χ4n) is 2.32. The zero-order valence-electron chi connectivity index (χ0n) is 10.9. The van der Waals surface area contributed by atoms with Gasteiger partial charge in [0.25, 0.3) is 0 Å². The lowest BCUT2D eigenvalue weighted by Crippen LogP contribution is -2.40. The normalized spacial score (nSPS) is 25.2. The van der Waals surface area contributed by atoms with Gasteiger partial charge in [-0.1, -0.05) is 20.3 Å². The molecule has 0 aromatic heterocycles. The number of hydrogen-bond acceptors (Lipinski definition) is 3. The number of rotatable bonds is 5. The lowest BCUT2D eigenvalue weighted by Gasteiger charge is -2.28. The SMILES string of the molecule is CC(C)S(=O)(=O)CCNC1CCCC1(C)C. The summed E-state index contributed by atoms with van der Waals surface area (Å²) >= 11 is 0. The molecule has 0 aromatic rings. The summed E-state index contributed by atoms with van der Waals surface area (Å²) in [6.07, 6.45) is 3.66. The highest BCUT2D eigenvalue weighted by atomic mass is 32.2. The first kappa shape index (κ1) is 14.0. The highest BCUT2D eigenvalue weighted by Gasteiger charge is 2.34.